The fourth-order valence-electron chi connectivity index (χ4n) is 3.33. The van der Waals surface area contributed by atoms with E-state index in [0.29, 0.717) is 25.6 Å². The number of hydrogen-bond acceptors (Lipinski definition) is 5. The summed E-state index contributed by atoms with van der Waals surface area (Å²) in [4.78, 5) is 27.0. The van der Waals surface area contributed by atoms with E-state index in [0.717, 1.165) is 18.5 Å². The van der Waals surface area contributed by atoms with Gasteiger partial charge in [0.05, 0.1) is 0 Å². The number of rotatable bonds is 6. The molecule has 2 aromatic carbocycles. The summed E-state index contributed by atoms with van der Waals surface area (Å²) in [5, 5.41) is 10.9. The largest absolute Gasteiger partial charge is 0.350 e. The highest BCUT2D eigenvalue weighted by atomic mass is 16.2. The summed E-state index contributed by atoms with van der Waals surface area (Å²) < 4.78 is 1.51. The molecule has 1 aromatic heterocycles. The zero-order valence-corrected chi connectivity index (χ0v) is 15.4. The van der Waals surface area contributed by atoms with E-state index in [1.165, 1.54) is 10.1 Å². The van der Waals surface area contributed by atoms with Gasteiger partial charge in [-0.15, -0.1) is 10.2 Å². The molecule has 2 heterocycles. The number of aryl methyl sites for hydroxylation is 1. The van der Waals surface area contributed by atoms with E-state index in [-0.39, 0.29) is 5.69 Å². The van der Waals surface area contributed by atoms with Gasteiger partial charge in [-0.1, -0.05) is 48.5 Å². The number of carbonyl (C=O) groups excluding carboxylic acids is 1. The normalized spacial score (nSPS) is 12.6. The molecule has 0 fully saturated rings. The number of nitrogens with zero attached hydrogens (tertiary/aromatic N) is 4. The van der Waals surface area contributed by atoms with Gasteiger partial charge in [0.25, 0.3) is 11.5 Å². The van der Waals surface area contributed by atoms with E-state index >= 15 is 0 Å². The van der Waals surface area contributed by atoms with Gasteiger partial charge in [0.1, 0.15) is 0 Å². The number of amides is 1. The van der Waals surface area contributed by atoms with Gasteiger partial charge in [-0.05, 0) is 30.5 Å². The summed E-state index contributed by atoms with van der Waals surface area (Å²) in [5.41, 5.74) is 1.61. The fraction of sp³-hybridized carbons (Fsp3) is 0.238. The lowest BCUT2D eigenvalue weighted by Crippen LogP contribution is -2.35. The van der Waals surface area contributed by atoms with Gasteiger partial charge in [-0.2, -0.15) is 0 Å². The molecule has 4 rings (SSSR count). The molecule has 0 saturated carbocycles. The molecular weight excluding hydrogens is 354 g/mol. The highest BCUT2D eigenvalue weighted by Gasteiger charge is 2.26. The van der Waals surface area contributed by atoms with Crippen LogP contribution in [0.5, 0.6) is 0 Å². The minimum atomic E-state index is -0.473. The monoisotopic (exact) mass is 375 g/mol. The number of anilines is 2. The summed E-state index contributed by atoms with van der Waals surface area (Å²) in [5.74, 6) is -0.00384. The lowest BCUT2D eigenvalue weighted by atomic mass is 10.1. The average Bonchev–Trinajstić information content (AvgIpc) is 3.18. The van der Waals surface area contributed by atoms with Crippen LogP contribution in [0, 0.1) is 0 Å². The van der Waals surface area contributed by atoms with Crippen molar-refractivity contribution >= 4 is 17.5 Å². The first-order valence-electron chi connectivity index (χ1n) is 9.36. The van der Waals surface area contributed by atoms with Crippen LogP contribution in [0.4, 0.5) is 11.6 Å². The van der Waals surface area contributed by atoms with Crippen LogP contribution in [-0.4, -0.2) is 33.8 Å². The number of benzene rings is 2. The van der Waals surface area contributed by atoms with E-state index in [2.05, 4.69) is 27.6 Å². The predicted octanol–water partition coefficient (Wildman–Crippen LogP) is 2.15. The molecule has 3 aromatic rings. The Kier molecular flexibility index (Phi) is 5.14. The zero-order chi connectivity index (χ0) is 19.3. The van der Waals surface area contributed by atoms with Crippen LogP contribution >= 0.6 is 0 Å². The van der Waals surface area contributed by atoms with Gasteiger partial charge in [0.2, 0.25) is 11.6 Å². The van der Waals surface area contributed by atoms with Crippen LogP contribution in [0.1, 0.15) is 22.5 Å². The number of para-hydroxylation sites is 1. The van der Waals surface area contributed by atoms with Gasteiger partial charge >= 0.3 is 0 Å². The molecule has 0 aliphatic carbocycles. The molecule has 0 bridgehead atoms. The molecule has 7 heteroatoms. The van der Waals surface area contributed by atoms with E-state index < -0.39 is 11.5 Å². The summed E-state index contributed by atoms with van der Waals surface area (Å²) in [7, 11) is 0. The highest BCUT2D eigenvalue weighted by Crippen LogP contribution is 2.25. The van der Waals surface area contributed by atoms with Crippen molar-refractivity contribution in [3.8, 4) is 0 Å². The second-order valence-corrected chi connectivity index (χ2v) is 6.64. The maximum atomic E-state index is 12.7. The van der Waals surface area contributed by atoms with Crippen molar-refractivity contribution in [2.24, 2.45) is 0 Å². The first-order valence-corrected chi connectivity index (χ1v) is 9.36. The van der Waals surface area contributed by atoms with Crippen LogP contribution in [0.25, 0.3) is 0 Å². The van der Waals surface area contributed by atoms with Crippen molar-refractivity contribution in [1.82, 2.24) is 20.1 Å². The maximum absolute atomic E-state index is 12.7. The molecule has 0 spiro atoms. The third-order valence-corrected chi connectivity index (χ3v) is 4.77. The molecule has 28 heavy (non-hydrogen) atoms. The Morgan fingerprint density at radius 1 is 0.964 bits per heavy atom. The van der Waals surface area contributed by atoms with Gasteiger partial charge in [-0.3, -0.25) is 14.2 Å². The van der Waals surface area contributed by atoms with Gasteiger partial charge in [-0.25, -0.2) is 0 Å². The van der Waals surface area contributed by atoms with E-state index in [1.807, 2.05) is 53.4 Å². The van der Waals surface area contributed by atoms with E-state index in [1.54, 1.807) is 0 Å². The van der Waals surface area contributed by atoms with Crippen LogP contribution in [0.15, 0.2) is 65.5 Å². The molecule has 1 amide bonds. The van der Waals surface area contributed by atoms with Crippen LogP contribution in [-0.2, 0) is 13.0 Å². The van der Waals surface area contributed by atoms with Crippen molar-refractivity contribution in [2.75, 3.05) is 18.0 Å². The molecule has 1 aliphatic rings. The standard InChI is InChI=1S/C21H21N5O2/c27-19(22-13-7-10-16-8-3-1-4-9-16)18-20(28)26-15-14-25(21(26)24-23-18)17-11-5-2-6-12-17/h1-6,8-9,11-12H,7,10,13-15H2,(H,22,27). The Labute approximate surface area is 162 Å². The summed E-state index contributed by atoms with van der Waals surface area (Å²) in [6.07, 6.45) is 1.65. The predicted molar refractivity (Wildman–Crippen MR) is 107 cm³/mol. The van der Waals surface area contributed by atoms with Crippen molar-refractivity contribution in [1.29, 1.82) is 0 Å². The minimum absolute atomic E-state index is 0.154. The quantitative estimate of drug-likeness (QED) is 0.668. The Morgan fingerprint density at radius 2 is 1.68 bits per heavy atom. The summed E-state index contributed by atoms with van der Waals surface area (Å²) >= 11 is 0. The number of fused-ring (bicyclic) bond motifs is 1. The van der Waals surface area contributed by atoms with Gasteiger partial charge in [0, 0.05) is 25.3 Å². The van der Waals surface area contributed by atoms with Gasteiger partial charge in [0.15, 0.2) is 0 Å². The first kappa shape index (κ1) is 17.9. The van der Waals surface area contributed by atoms with Crippen LogP contribution < -0.4 is 15.8 Å². The van der Waals surface area contributed by atoms with E-state index in [4.69, 9.17) is 0 Å². The zero-order valence-electron chi connectivity index (χ0n) is 15.4. The molecule has 142 valence electrons. The number of hydrogen-bond donors (Lipinski definition) is 1. The van der Waals surface area contributed by atoms with Crippen molar-refractivity contribution < 1.29 is 4.79 Å². The molecule has 1 N–H and O–H groups in total. The van der Waals surface area contributed by atoms with Crippen LogP contribution in [0.2, 0.25) is 0 Å². The topological polar surface area (TPSA) is 80.1 Å². The SMILES string of the molecule is O=C(NCCCc1ccccc1)c1nnc2n(c1=O)CCN2c1ccccc1. The lowest BCUT2D eigenvalue weighted by Gasteiger charge is -2.16. The molecule has 0 unspecified atom stereocenters. The molecule has 0 atom stereocenters. The highest BCUT2D eigenvalue weighted by molar-refractivity contribution is 5.91. The van der Waals surface area contributed by atoms with Crippen molar-refractivity contribution in [3.63, 3.8) is 0 Å². The number of nitrogens with one attached hydrogen (secondary N) is 1. The lowest BCUT2D eigenvalue weighted by molar-refractivity contribution is 0.0944. The third kappa shape index (κ3) is 3.64. The van der Waals surface area contributed by atoms with Gasteiger partial charge < -0.3 is 10.2 Å². The minimum Gasteiger partial charge on any atom is -0.350 e. The summed E-state index contributed by atoms with van der Waals surface area (Å²) in [6.45, 7) is 1.58. The maximum Gasteiger partial charge on any atom is 0.286 e. The Hall–Kier alpha value is -3.48. The second-order valence-electron chi connectivity index (χ2n) is 6.64. The average molecular weight is 375 g/mol. The number of carbonyl (C=O) groups is 1. The summed E-state index contributed by atoms with van der Waals surface area (Å²) in [6, 6.07) is 19.8. The first-order chi connectivity index (χ1) is 13.7. The molecule has 0 radical (unpaired) electrons. The van der Waals surface area contributed by atoms with E-state index in [9.17, 15) is 9.59 Å². The smallest absolute Gasteiger partial charge is 0.286 e. The molecule has 7 nitrogen and oxygen atoms in total. The molecular formula is C21H21N5O2. The Bertz CT molecular complexity index is 1020. The molecule has 0 saturated heterocycles. The van der Waals surface area contributed by atoms with Crippen LogP contribution in [0.3, 0.4) is 0 Å². The number of aromatic nitrogens is 3. The fourth-order valence-corrected chi connectivity index (χ4v) is 3.33. The Balaban J connectivity index is 1.42. The molecule has 1 aliphatic heterocycles. The van der Waals surface area contributed by atoms with Crippen molar-refractivity contribution in [2.45, 2.75) is 19.4 Å². The third-order valence-electron chi connectivity index (χ3n) is 4.77. The Morgan fingerprint density at radius 3 is 2.43 bits per heavy atom. The second kappa shape index (κ2) is 8.04. The van der Waals surface area contributed by atoms with Crippen molar-refractivity contribution in [3.05, 3.63) is 82.3 Å².